The molecular weight excluding hydrogens is 217 g/mol. The van der Waals surface area contributed by atoms with Crippen molar-refractivity contribution < 1.29 is 14.2 Å². The molecule has 0 saturated heterocycles. The molecule has 0 bridgehead atoms. The van der Waals surface area contributed by atoms with Crippen molar-refractivity contribution in [1.82, 2.24) is 5.23 Å². The van der Waals surface area contributed by atoms with Gasteiger partial charge in [0.2, 0.25) is 0 Å². The molecule has 4 nitrogen and oxygen atoms in total. The summed E-state index contributed by atoms with van der Waals surface area (Å²) in [4.78, 5) is 12.1. The van der Waals surface area contributed by atoms with Crippen molar-refractivity contribution in [2.24, 2.45) is 11.3 Å². The Morgan fingerprint density at radius 2 is 2.24 bits per heavy atom. The Bertz CT molecular complexity index is 262. The minimum Gasteiger partial charge on any atom is -0.466 e. The summed E-state index contributed by atoms with van der Waals surface area (Å²) >= 11 is 0. The van der Waals surface area contributed by atoms with Crippen LogP contribution in [-0.2, 0) is 14.2 Å². The minimum absolute atomic E-state index is 0.0476. The van der Waals surface area contributed by atoms with Gasteiger partial charge in [-0.15, -0.1) is 0 Å². The van der Waals surface area contributed by atoms with E-state index in [0.29, 0.717) is 26.2 Å². The van der Waals surface area contributed by atoms with Gasteiger partial charge in [-0.2, -0.15) is 0 Å². The maximum absolute atomic E-state index is 12.1. The Kier molecular flexibility index (Phi) is 5.47. The Labute approximate surface area is 105 Å². The molecule has 1 aliphatic rings. The van der Waals surface area contributed by atoms with Gasteiger partial charge in [0.05, 0.1) is 12.0 Å². The number of hydrogen-bond acceptors (Lipinski definition) is 4. The first-order chi connectivity index (χ1) is 8.08. The van der Waals surface area contributed by atoms with E-state index >= 15 is 0 Å². The van der Waals surface area contributed by atoms with Crippen LogP contribution < -0.4 is 5.23 Å². The van der Waals surface area contributed by atoms with E-state index in [9.17, 15) is 4.79 Å². The fourth-order valence-corrected chi connectivity index (χ4v) is 2.89. The molecule has 0 aromatic carbocycles. The maximum atomic E-state index is 12.1. The predicted molar refractivity (Wildman–Crippen MR) is 68.8 cm³/mol. The molecule has 0 radical (unpaired) electrons. The van der Waals surface area contributed by atoms with E-state index in [0.717, 1.165) is 19.3 Å². The fraction of sp³-hybridized carbons (Fsp3) is 0.917. The number of esters is 1. The molecule has 0 unspecified atom stereocenters. The lowest BCUT2D eigenvalue weighted by atomic mass is 9.78. The largest absolute Gasteiger partial charge is 0.466 e. The van der Waals surface area contributed by atoms with Crippen molar-refractivity contribution in [3.63, 3.8) is 0 Å². The lowest BCUT2D eigenvalue weighted by Crippen LogP contribution is -2.35. The highest BCUT2D eigenvalue weighted by Gasteiger charge is 2.48. The van der Waals surface area contributed by atoms with E-state index in [1.807, 2.05) is 13.8 Å². The van der Waals surface area contributed by atoms with E-state index in [-0.39, 0.29) is 11.4 Å². The molecule has 0 spiro atoms. The summed E-state index contributed by atoms with van der Waals surface area (Å²) in [5.74, 6) is 0.351. The summed E-state index contributed by atoms with van der Waals surface area (Å²) < 4.78 is 10.2. The zero-order valence-corrected chi connectivity index (χ0v) is 11.4. The van der Waals surface area contributed by atoms with Crippen molar-refractivity contribution in [1.29, 1.82) is 0 Å². The average molecular weight is 241 g/mol. The maximum Gasteiger partial charge on any atom is 0.360 e. The van der Waals surface area contributed by atoms with E-state index < -0.39 is 0 Å². The van der Waals surface area contributed by atoms with E-state index in [1.54, 1.807) is 7.11 Å². The number of carbonyl (C=O) groups excluding carboxylic acids is 1. The van der Waals surface area contributed by atoms with Crippen LogP contribution in [0.15, 0.2) is 0 Å². The normalized spacial score (nSPS) is 32.5. The molecule has 1 fully saturated rings. The molecule has 0 heterocycles. The lowest BCUT2D eigenvalue weighted by Gasteiger charge is -2.28. The molecule has 98 valence electrons. The summed E-state index contributed by atoms with van der Waals surface area (Å²) in [7, 11) is 2.21. The Hall–Kier alpha value is -0.545. The summed E-state index contributed by atoms with van der Waals surface area (Å²) in [6.07, 6.45) is 2.88. The molecule has 1 aliphatic carbocycles. The van der Waals surface area contributed by atoms with Gasteiger partial charge in [-0.1, -0.05) is 13.3 Å². The van der Waals surface area contributed by atoms with Gasteiger partial charge < -0.3 is 14.6 Å². The van der Waals surface area contributed by atoms with Gasteiger partial charge in [-0.05, 0) is 38.6 Å². The molecule has 0 aliphatic heterocycles. The highest BCUT2D eigenvalue weighted by atomic mass is 16.5. The molecule has 0 aromatic heterocycles. The molecule has 0 amide bonds. The van der Waals surface area contributed by atoms with Gasteiger partial charge in [-0.25, -0.2) is 0 Å². The van der Waals surface area contributed by atoms with Crippen LogP contribution in [0.4, 0.5) is 0 Å². The number of hydrogen-bond donors (Lipinski definition) is 1. The average Bonchev–Trinajstić information content (AvgIpc) is 2.65. The van der Waals surface area contributed by atoms with Crippen LogP contribution in [0.1, 0.15) is 40.0 Å². The predicted octanol–water partition coefficient (Wildman–Crippen LogP) is 1.25. The first-order valence-corrected chi connectivity index (χ1v) is 6.48. The van der Waals surface area contributed by atoms with Crippen molar-refractivity contribution in [2.45, 2.75) is 46.1 Å². The van der Waals surface area contributed by atoms with Gasteiger partial charge >= 0.3 is 13.6 Å². The molecule has 5 heteroatoms. The van der Waals surface area contributed by atoms with Crippen LogP contribution in [0, 0.1) is 11.3 Å². The number of carbonyl (C=O) groups is 1. The Morgan fingerprint density at radius 1 is 1.53 bits per heavy atom. The summed E-state index contributed by atoms with van der Waals surface area (Å²) in [5, 5.41) is 3.32. The standard InChI is InChI=1S/C12H24BNO3/c1-5-9-7-10(14-13-16-4)8-12(9,3)11(15)17-6-2/h9-10,13-14H,5-8H2,1-4H3/t9-,10+,12-/m1/s1. The van der Waals surface area contributed by atoms with Gasteiger partial charge in [0, 0.05) is 7.11 Å². The second-order valence-corrected chi connectivity index (χ2v) is 5.02. The van der Waals surface area contributed by atoms with Crippen LogP contribution in [0.25, 0.3) is 0 Å². The van der Waals surface area contributed by atoms with Crippen LogP contribution >= 0.6 is 0 Å². The van der Waals surface area contributed by atoms with E-state index in [2.05, 4.69) is 12.2 Å². The quantitative estimate of drug-likeness (QED) is 0.561. The first-order valence-electron chi connectivity index (χ1n) is 6.48. The third-order valence-corrected chi connectivity index (χ3v) is 3.89. The smallest absolute Gasteiger partial charge is 0.360 e. The van der Waals surface area contributed by atoms with Crippen LogP contribution in [0.2, 0.25) is 0 Å². The highest BCUT2D eigenvalue weighted by molar-refractivity contribution is 6.23. The van der Waals surface area contributed by atoms with Gasteiger partial charge in [0.15, 0.2) is 0 Å². The third kappa shape index (κ3) is 3.22. The molecular formula is C12H24BNO3. The lowest BCUT2D eigenvalue weighted by molar-refractivity contribution is -0.156. The van der Waals surface area contributed by atoms with Gasteiger partial charge in [0.1, 0.15) is 0 Å². The summed E-state index contributed by atoms with van der Waals surface area (Å²) in [6.45, 7) is 6.49. The molecule has 1 saturated carbocycles. The third-order valence-electron chi connectivity index (χ3n) is 3.89. The minimum atomic E-state index is -0.337. The number of ether oxygens (including phenoxy) is 1. The zero-order valence-electron chi connectivity index (χ0n) is 11.4. The molecule has 1 rings (SSSR count). The van der Waals surface area contributed by atoms with Crippen LogP contribution in [-0.4, -0.2) is 33.3 Å². The molecule has 1 N–H and O–H groups in total. The van der Waals surface area contributed by atoms with E-state index in [1.165, 1.54) is 0 Å². The summed E-state index contributed by atoms with van der Waals surface area (Å²) in [6, 6.07) is 0.356. The Balaban J connectivity index is 2.66. The van der Waals surface area contributed by atoms with Crippen molar-refractivity contribution in [2.75, 3.05) is 13.7 Å². The molecule has 3 atom stereocenters. The fourth-order valence-electron chi connectivity index (χ4n) is 2.89. The first kappa shape index (κ1) is 14.5. The van der Waals surface area contributed by atoms with Gasteiger partial charge in [-0.3, -0.25) is 4.79 Å². The van der Waals surface area contributed by atoms with Crippen LogP contribution in [0.5, 0.6) is 0 Å². The van der Waals surface area contributed by atoms with Gasteiger partial charge in [0.25, 0.3) is 0 Å². The Morgan fingerprint density at radius 3 is 2.76 bits per heavy atom. The molecule has 0 aromatic rings. The zero-order chi connectivity index (χ0) is 12.9. The van der Waals surface area contributed by atoms with Crippen molar-refractivity contribution in [3.05, 3.63) is 0 Å². The van der Waals surface area contributed by atoms with Crippen LogP contribution in [0.3, 0.4) is 0 Å². The van der Waals surface area contributed by atoms with Crippen molar-refractivity contribution >= 4 is 13.6 Å². The second kappa shape index (κ2) is 6.40. The monoisotopic (exact) mass is 241 g/mol. The van der Waals surface area contributed by atoms with Crippen molar-refractivity contribution in [3.8, 4) is 0 Å². The SMILES string of the molecule is CCOC(=O)[C@]1(C)C[C@@H](NBOC)C[C@H]1CC. The summed E-state index contributed by atoms with van der Waals surface area (Å²) in [5.41, 5.74) is -0.337. The number of rotatable bonds is 6. The topological polar surface area (TPSA) is 47.6 Å². The van der Waals surface area contributed by atoms with E-state index in [4.69, 9.17) is 9.39 Å². The highest BCUT2D eigenvalue weighted by Crippen LogP contribution is 2.45. The second-order valence-electron chi connectivity index (χ2n) is 5.02. The molecule has 17 heavy (non-hydrogen) atoms. The number of nitrogens with one attached hydrogen (secondary N) is 1.